The Morgan fingerprint density at radius 3 is 1.86 bits per heavy atom. The van der Waals surface area contributed by atoms with E-state index in [-0.39, 0.29) is 12.2 Å². The summed E-state index contributed by atoms with van der Waals surface area (Å²) < 4.78 is 25.6. The molecule has 3 aromatic carbocycles. The van der Waals surface area contributed by atoms with Gasteiger partial charge in [0.05, 0.1) is 26.4 Å². The Morgan fingerprint density at radius 1 is 0.784 bits per heavy atom. The van der Waals surface area contributed by atoms with Gasteiger partial charge in [0, 0.05) is 0 Å². The molecule has 0 spiro atoms. The zero-order valence-electron chi connectivity index (χ0n) is 21.3. The van der Waals surface area contributed by atoms with Gasteiger partial charge in [0.2, 0.25) is 0 Å². The van der Waals surface area contributed by atoms with Crippen LogP contribution in [0.15, 0.2) is 109 Å². The maximum atomic E-state index is 6.50. The van der Waals surface area contributed by atoms with Crippen molar-refractivity contribution in [3.63, 3.8) is 0 Å². The highest BCUT2D eigenvalue weighted by Gasteiger charge is 2.45. The smallest absolute Gasteiger partial charge is 0.131 e. The third-order valence-corrected chi connectivity index (χ3v) is 6.15. The third kappa shape index (κ3) is 7.84. The summed E-state index contributed by atoms with van der Waals surface area (Å²) in [6.07, 6.45) is 0.683. The predicted octanol–water partition coefficient (Wildman–Crippen LogP) is 5.72. The lowest BCUT2D eigenvalue weighted by Gasteiger charge is -2.41. The molecule has 1 aliphatic rings. The van der Waals surface area contributed by atoms with Crippen molar-refractivity contribution in [1.29, 1.82) is 0 Å². The summed E-state index contributed by atoms with van der Waals surface area (Å²) in [4.78, 5) is 5.23. The van der Waals surface area contributed by atoms with Crippen LogP contribution < -0.4 is 0 Å². The summed E-state index contributed by atoms with van der Waals surface area (Å²) in [6.45, 7) is 5.54. The first-order valence-corrected chi connectivity index (χ1v) is 12.6. The van der Waals surface area contributed by atoms with Crippen LogP contribution >= 0.6 is 0 Å². The molecule has 0 saturated carbocycles. The Balaban J connectivity index is 1.57. The molecule has 0 aromatic heterocycles. The molecule has 4 atom stereocenters. The highest BCUT2D eigenvalue weighted by Crippen LogP contribution is 2.28. The van der Waals surface area contributed by atoms with Gasteiger partial charge >= 0.3 is 0 Å². The number of nitrogens with zero attached hydrogens (tertiary/aromatic N) is 1. The SMILES string of the molecule is C=CC[C@@H]1O[C@H](COCc2ccccc2)[C@@H](OCc2ccccc2)[C@H](OCc2ccccc2)/C1=N/OC. The second-order valence-corrected chi connectivity index (χ2v) is 8.87. The van der Waals surface area contributed by atoms with Crippen molar-refractivity contribution in [2.45, 2.75) is 50.7 Å². The molecule has 6 nitrogen and oxygen atoms in total. The van der Waals surface area contributed by atoms with E-state index < -0.39 is 12.2 Å². The standard InChI is InChI=1S/C31H35NO5/c1-3-13-27-29(32-33-2)31(36-22-26-18-11-6-12-19-26)30(35-21-25-16-9-5-10-17-25)28(37-27)23-34-20-24-14-7-4-8-15-24/h3-12,14-19,27-28,30-31H,1,13,20-23H2,2H3/b32-29+/t27-,28+,30+,31+/m0/s1. The average Bonchev–Trinajstić information content (AvgIpc) is 2.94. The van der Waals surface area contributed by atoms with E-state index in [4.69, 9.17) is 23.8 Å². The van der Waals surface area contributed by atoms with Crippen molar-refractivity contribution in [3.05, 3.63) is 120 Å². The molecule has 0 bridgehead atoms. The van der Waals surface area contributed by atoms with E-state index in [9.17, 15) is 0 Å². The molecule has 0 amide bonds. The van der Waals surface area contributed by atoms with Crippen LogP contribution in [0.3, 0.4) is 0 Å². The van der Waals surface area contributed by atoms with Crippen LogP contribution in [0.5, 0.6) is 0 Å². The number of benzene rings is 3. The van der Waals surface area contributed by atoms with Gasteiger partial charge in [-0.15, -0.1) is 6.58 Å². The topological polar surface area (TPSA) is 58.5 Å². The average molecular weight is 502 g/mol. The van der Waals surface area contributed by atoms with Gasteiger partial charge in [-0.05, 0) is 23.1 Å². The molecule has 1 aliphatic heterocycles. The van der Waals surface area contributed by atoms with E-state index in [1.165, 1.54) is 7.11 Å². The molecule has 1 heterocycles. The fraction of sp³-hybridized carbons (Fsp3) is 0.323. The van der Waals surface area contributed by atoms with Crippen LogP contribution in [0, 0.1) is 0 Å². The highest BCUT2D eigenvalue weighted by atomic mass is 16.6. The van der Waals surface area contributed by atoms with Crippen LogP contribution in [0.25, 0.3) is 0 Å². The number of rotatable bonds is 13. The fourth-order valence-electron chi connectivity index (χ4n) is 4.35. The maximum Gasteiger partial charge on any atom is 0.131 e. The summed E-state index contributed by atoms with van der Waals surface area (Å²) >= 11 is 0. The van der Waals surface area contributed by atoms with E-state index in [1.807, 2.05) is 97.1 Å². The minimum absolute atomic E-state index is 0.341. The summed E-state index contributed by atoms with van der Waals surface area (Å²) in [5.41, 5.74) is 3.87. The molecule has 0 unspecified atom stereocenters. The van der Waals surface area contributed by atoms with Gasteiger partial charge in [-0.1, -0.05) is 102 Å². The lowest BCUT2D eigenvalue weighted by Crippen LogP contribution is -2.58. The van der Waals surface area contributed by atoms with Gasteiger partial charge in [0.25, 0.3) is 0 Å². The molecule has 3 aromatic rings. The molecular weight excluding hydrogens is 466 g/mol. The molecule has 6 heteroatoms. The summed E-state index contributed by atoms with van der Waals surface area (Å²) in [5, 5.41) is 4.34. The minimum Gasteiger partial charge on any atom is -0.399 e. The van der Waals surface area contributed by atoms with Gasteiger partial charge in [-0.25, -0.2) is 0 Å². The van der Waals surface area contributed by atoms with E-state index in [0.29, 0.717) is 38.6 Å². The second kappa shape index (κ2) is 14.4. The van der Waals surface area contributed by atoms with E-state index in [0.717, 1.165) is 16.7 Å². The van der Waals surface area contributed by atoms with Crippen molar-refractivity contribution in [2.24, 2.45) is 5.16 Å². The van der Waals surface area contributed by atoms with Crippen LogP contribution in [0.2, 0.25) is 0 Å². The molecule has 1 saturated heterocycles. The van der Waals surface area contributed by atoms with Crippen LogP contribution in [0.1, 0.15) is 23.1 Å². The molecule has 37 heavy (non-hydrogen) atoms. The molecule has 0 radical (unpaired) electrons. The normalized spacial score (nSPS) is 22.6. The fourth-order valence-corrected chi connectivity index (χ4v) is 4.35. The first-order valence-electron chi connectivity index (χ1n) is 12.6. The Bertz CT molecular complexity index is 1090. The van der Waals surface area contributed by atoms with Gasteiger partial charge in [0.15, 0.2) is 0 Å². The summed E-state index contributed by atoms with van der Waals surface area (Å²) in [7, 11) is 1.53. The Labute approximate surface area is 219 Å². The zero-order valence-corrected chi connectivity index (χ0v) is 21.3. The van der Waals surface area contributed by atoms with Crippen molar-refractivity contribution in [3.8, 4) is 0 Å². The molecular formula is C31H35NO5. The summed E-state index contributed by atoms with van der Waals surface area (Å²) in [5.74, 6) is 0. The number of oxime groups is 1. The van der Waals surface area contributed by atoms with Crippen molar-refractivity contribution >= 4 is 5.71 Å². The van der Waals surface area contributed by atoms with E-state index in [1.54, 1.807) is 0 Å². The molecule has 0 aliphatic carbocycles. The highest BCUT2D eigenvalue weighted by molar-refractivity contribution is 5.94. The van der Waals surface area contributed by atoms with Crippen LogP contribution in [-0.4, -0.2) is 43.8 Å². The number of hydrogen-bond donors (Lipinski definition) is 0. The Kier molecular flexibility index (Phi) is 10.5. The monoisotopic (exact) mass is 501 g/mol. The molecule has 4 rings (SSSR count). The van der Waals surface area contributed by atoms with Crippen LogP contribution in [0.4, 0.5) is 0 Å². The lowest BCUT2D eigenvalue weighted by atomic mass is 9.93. The van der Waals surface area contributed by atoms with Crippen LogP contribution in [-0.2, 0) is 43.6 Å². The quantitative estimate of drug-likeness (QED) is 0.221. The van der Waals surface area contributed by atoms with Gasteiger partial charge in [-0.2, -0.15) is 0 Å². The minimum atomic E-state index is -0.493. The van der Waals surface area contributed by atoms with Gasteiger partial charge in [-0.3, -0.25) is 0 Å². The first kappa shape index (κ1) is 26.8. The third-order valence-electron chi connectivity index (χ3n) is 6.15. The largest absolute Gasteiger partial charge is 0.399 e. The zero-order chi connectivity index (χ0) is 25.7. The predicted molar refractivity (Wildman–Crippen MR) is 144 cm³/mol. The Morgan fingerprint density at radius 2 is 1.32 bits per heavy atom. The Hall–Kier alpha value is -3.29. The second-order valence-electron chi connectivity index (χ2n) is 8.87. The van der Waals surface area contributed by atoms with Crippen molar-refractivity contribution in [2.75, 3.05) is 13.7 Å². The maximum absolute atomic E-state index is 6.50. The van der Waals surface area contributed by atoms with Crippen molar-refractivity contribution in [1.82, 2.24) is 0 Å². The van der Waals surface area contributed by atoms with Gasteiger partial charge < -0.3 is 23.8 Å². The summed E-state index contributed by atoms with van der Waals surface area (Å²) in [6, 6.07) is 30.2. The molecule has 0 N–H and O–H groups in total. The van der Waals surface area contributed by atoms with E-state index >= 15 is 0 Å². The lowest BCUT2D eigenvalue weighted by molar-refractivity contribution is -0.176. The number of hydrogen-bond acceptors (Lipinski definition) is 6. The van der Waals surface area contributed by atoms with Crippen molar-refractivity contribution < 1.29 is 23.8 Å². The number of ether oxygens (including phenoxy) is 4. The van der Waals surface area contributed by atoms with E-state index in [2.05, 4.69) is 11.7 Å². The first-order chi connectivity index (χ1) is 18.3. The molecule has 1 fully saturated rings. The molecule has 194 valence electrons. The van der Waals surface area contributed by atoms with Gasteiger partial charge in [0.1, 0.15) is 37.2 Å².